The van der Waals surface area contributed by atoms with Gasteiger partial charge in [-0.1, -0.05) is 49.6 Å². The van der Waals surface area contributed by atoms with E-state index in [2.05, 4.69) is 21.7 Å². The standard InChI is InChI=1S/C23H29N5O2/c1-16(29)24-12-13-25-22-20-14-18(15-30-19-10-6-3-7-11-19)26-23(20)28-21(27-22)17-8-4-2-5-9-17/h2,4-5,8-9,14,19H,3,6-7,10-13,15H2,1H3,(H,24,29)(H2,25,26,27,28). The van der Waals surface area contributed by atoms with E-state index in [9.17, 15) is 4.79 Å². The summed E-state index contributed by atoms with van der Waals surface area (Å²) < 4.78 is 6.13. The minimum Gasteiger partial charge on any atom is -0.372 e. The van der Waals surface area contributed by atoms with Crippen LogP contribution in [0.3, 0.4) is 0 Å². The fourth-order valence-electron chi connectivity index (χ4n) is 3.85. The molecule has 2 aromatic heterocycles. The van der Waals surface area contributed by atoms with Crippen LogP contribution in [-0.2, 0) is 16.1 Å². The van der Waals surface area contributed by atoms with E-state index in [-0.39, 0.29) is 5.91 Å². The monoisotopic (exact) mass is 407 g/mol. The fourth-order valence-corrected chi connectivity index (χ4v) is 3.85. The van der Waals surface area contributed by atoms with Crippen molar-refractivity contribution in [1.82, 2.24) is 20.3 Å². The number of carbonyl (C=O) groups excluding carboxylic acids is 1. The van der Waals surface area contributed by atoms with Gasteiger partial charge < -0.3 is 20.4 Å². The van der Waals surface area contributed by atoms with Crippen LogP contribution >= 0.6 is 0 Å². The first-order valence-corrected chi connectivity index (χ1v) is 10.7. The summed E-state index contributed by atoms with van der Waals surface area (Å²) in [5.74, 6) is 1.37. The van der Waals surface area contributed by atoms with Crippen LogP contribution in [0.4, 0.5) is 5.82 Å². The molecule has 7 nitrogen and oxygen atoms in total. The number of H-pyrrole nitrogens is 1. The molecule has 1 fully saturated rings. The number of ether oxygens (including phenoxy) is 1. The van der Waals surface area contributed by atoms with E-state index in [1.54, 1.807) is 0 Å². The Hall–Kier alpha value is -2.93. The lowest BCUT2D eigenvalue weighted by molar-refractivity contribution is -0.118. The highest BCUT2D eigenvalue weighted by atomic mass is 16.5. The normalized spacial score (nSPS) is 14.7. The third kappa shape index (κ3) is 5.16. The van der Waals surface area contributed by atoms with Crippen molar-refractivity contribution in [1.29, 1.82) is 0 Å². The topological polar surface area (TPSA) is 91.9 Å². The highest BCUT2D eigenvalue weighted by Gasteiger charge is 2.16. The van der Waals surface area contributed by atoms with Gasteiger partial charge in [0.1, 0.15) is 11.5 Å². The molecular formula is C23H29N5O2. The van der Waals surface area contributed by atoms with Crippen LogP contribution in [-0.4, -0.2) is 40.1 Å². The molecule has 0 bridgehead atoms. The first kappa shape index (κ1) is 20.3. The van der Waals surface area contributed by atoms with Crippen molar-refractivity contribution in [3.8, 4) is 11.4 Å². The predicted octanol–water partition coefficient (Wildman–Crippen LogP) is 4.02. The van der Waals surface area contributed by atoms with Gasteiger partial charge in [0.2, 0.25) is 5.91 Å². The Morgan fingerprint density at radius 3 is 2.70 bits per heavy atom. The number of nitrogens with zero attached hydrogens (tertiary/aromatic N) is 2. The highest BCUT2D eigenvalue weighted by Crippen LogP contribution is 2.27. The zero-order chi connectivity index (χ0) is 20.8. The van der Waals surface area contributed by atoms with Crippen LogP contribution in [0.5, 0.6) is 0 Å². The van der Waals surface area contributed by atoms with Crippen LogP contribution < -0.4 is 10.6 Å². The van der Waals surface area contributed by atoms with Gasteiger partial charge in [0, 0.05) is 31.3 Å². The SMILES string of the molecule is CC(=O)NCCNc1nc(-c2ccccc2)nc2[nH]c(COC3CCCCC3)cc12. The van der Waals surface area contributed by atoms with Gasteiger partial charge in [-0.05, 0) is 18.9 Å². The average molecular weight is 408 g/mol. The number of aromatic amines is 1. The number of hydrogen-bond donors (Lipinski definition) is 3. The molecule has 1 saturated carbocycles. The lowest BCUT2D eigenvalue weighted by Crippen LogP contribution is -2.26. The number of hydrogen-bond acceptors (Lipinski definition) is 5. The summed E-state index contributed by atoms with van der Waals surface area (Å²) in [6, 6.07) is 12.0. The van der Waals surface area contributed by atoms with Crippen molar-refractivity contribution >= 4 is 22.8 Å². The van der Waals surface area contributed by atoms with E-state index in [4.69, 9.17) is 14.7 Å². The van der Waals surface area contributed by atoms with Crippen LogP contribution in [0.15, 0.2) is 36.4 Å². The lowest BCUT2D eigenvalue weighted by atomic mass is 9.98. The maximum absolute atomic E-state index is 11.1. The number of benzene rings is 1. The molecule has 4 rings (SSSR count). The van der Waals surface area contributed by atoms with Crippen LogP contribution in [0.25, 0.3) is 22.4 Å². The molecule has 3 aromatic rings. The molecule has 1 aliphatic rings. The van der Waals surface area contributed by atoms with Crippen molar-refractivity contribution < 1.29 is 9.53 Å². The van der Waals surface area contributed by atoms with Crippen molar-refractivity contribution in [3.05, 3.63) is 42.1 Å². The smallest absolute Gasteiger partial charge is 0.216 e. The Morgan fingerprint density at radius 1 is 1.13 bits per heavy atom. The minimum atomic E-state index is -0.0431. The molecule has 0 spiro atoms. The predicted molar refractivity (Wildman–Crippen MR) is 118 cm³/mol. The van der Waals surface area contributed by atoms with E-state index in [1.807, 2.05) is 30.3 Å². The van der Waals surface area contributed by atoms with E-state index in [0.29, 0.717) is 31.6 Å². The van der Waals surface area contributed by atoms with Gasteiger partial charge in [-0.3, -0.25) is 4.79 Å². The molecule has 1 aromatic carbocycles. The molecule has 7 heteroatoms. The zero-order valence-electron chi connectivity index (χ0n) is 17.4. The molecule has 0 unspecified atom stereocenters. The lowest BCUT2D eigenvalue weighted by Gasteiger charge is -2.21. The molecule has 0 aliphatic heterocycles. The molecule has 0 saturated heterocycles. The second-order valence-corrected chi connectivity index (χ2v) is 7.80. The third-order valence-electron chi connectivity index (χ3n) is 5.39. The number of fused-ring (bicyclic) bond motifs is 1. The van der Waals surface area contributed by atoms with Gasteiger partial charge in [0.15, 0.2) is 5.82 Å². The Balaban J connectivity index is 1.56. The Labute approximate surface area is 176 Å². The summed E-state index contributed by atoms with van der Waals surface area (Å²) in [5.41, 5.74) is 2.74. The zero-order valence-corrected chi connectivity index (χ0v) is 17.4. The van der Waals surface area contributed by atoms with Crippen molar-refractivity contribution in [2.24, 2.45) is 0 Å². The fraction of sp³-hybridized carbons (Fsp3) is 0.435. The largest absolute Gasteiger partial charge is 0.372 e. The van der Waals surface area contributed by atoms with Crippen molar-refractivity contribution in [2.75, 3.05) is 18.4 Å². The molecule has 1 amide bonds. The quantitative estimate of drug-likeness (QED) is 0.491. The summed E-state index contributed by atoms with van der Waals surface area (Å²) in [5, 5.41) is 7.07. The molecule has 158 valence electrons. The Morgan fingerprint density at radius 2 is 1.93 bits per heavy atom. The number of amides is 1. The summed E-state index contributed by atoms with van der Waals surface area (Å²) in [6.45, 7) is 3.18. The first-order chi connectivity index (χ1) is 14.7. The van der Waals surface area contributed by atoms with E-state index in [0.717, 1.165) is 41.0 Å². The molecule has 0 atom stereocenters. The van der Waals surface area contributed by atoms with Gasteiger partial charge in [0.05, 0.1) is 18.1 Å². The summed E-state index contributed by atoms with van der Waals surface area (Å²) in [7, 11) is 0. The molecular weight excluding hydrogens is 378 g/mol. The van der Waals surface area contributed by atoms with Crippen LogP contribution in [0, 0.1) is 0 Å². The number of aromatic nitrogens is 3. The first-order valence-electron chi connectivity index (χ1n) is 10.7. The Kier molecular flexibility index (Phi) is 6.59. The second kappa shape index (κ2) is 9.71. The molecule has 30 heavy (non-hydrogen) atoms. The van der Waals surface area contributed by atoms with E-state index < -0.39 is 0 Å². The Bertz CT molecular complexity index is 980. The minimum absolute atomic E-state index is 0.0431. The van der Waals surface area contributed by atoms with E-state index >= 15 is 0 Å². The van der Waals surface area contributed by atoms with Gasteiger partial charge in [0.25, 0.3) is 0 Å². The van der Waals surface area contributed by atoms with Crippen molar-refractivity contribution in [3.63, 3.8) is 0 Å². The number of anilines is 1. The summed E-state index contributed by atoms with van der Waals surface area (Å²) in [6.07, 6.45) is 6.48. The summed E-state index contributed by atoms with van der Waals surface area (Å²) >= 11 is 0. The highest BCUT2D eigenvalue weighted by molar-refractivity contribution is 5.89. The molecule has 2 heterocycles. The van der Waals surface area contributed by atoms with E-state index in [1.165, 1.54) is 26.2 Å². The van der Waals surface area contributed by atoms with Crippen LogP contribution in [0.1, 0.15) is 44.7 Å². The third-order valence-corrected chi connectivity index (χ3v) is 5.39. The van der Waals surface area contributed by atoms with Gasteiger partial charge >= 0.3 is 0 Å². The molecule has 0 radical (unpaired) electrons. The van der Waals surface area contributed by atoms with Crippen molar-refractivity contribution in [2.45, 2.75) is 51.7 Å². The maximum Gasteiger partial charge on any atom is 0.216 e. The summed E-state index contributed by atoms with van der Waals surface area (Å²) in [4.78, 5) is 24.0. The van der Waals surface area contributed by atoms with Gasteiger partial charge in [-0.15, -0.1) is 0 Å². The number of rotatable bonds is 8. The van der Waals surface area contributed by atoms with Gasteiger partial charge in [-0.25, -0.2) is 9.97 Å². The van der Waals surface area contributed by atoms with Gasteiger partial charge in [-0.2, -0.15) is 0 Å². The average Bonchev–Trinajstić information content (AvgIpc) is 3.19. The molecule has 3 N–H and O–H groups in total. The number of carbonyl (C=O) groups is 1. The molecule has 1 aliphatic carbocycles. The maximum atomic E-state index is 11.1. The van der Waals surface area contributed by atoms with Crippen LogP contribution in [0.2, 0.25) is 0 Å². The number of nitrogens with one attached hydrogen (secondary N) is 3. The second-order valence-electron chi connectivity index (χ2n) is 7.80.